The van der Waals surface area contributed by atoms with Gasteiger partial charge in [-0.1, -0.05) is 81.8 Å². The van der Waals surface area contributed by atoms with E-state index in [2.05, 4.69) is 5.32 Å². The highest BCUT2D eigenvalue weighted by molar-refractivity contribution is 5.99. The van der Waals surface area contributed by atoms with Crippen LogP contribution in [-0.4, -0.2) is 102 Å². The van der Waals surface area contributed by atoms with E-state index >= 15 is 0 Å². The fraction of sp³-hybridized carbons (Fsp3) is 0.600. The lowest BCUT2D eigenvalue weighted by Crippen LogP contribution is -2.59. The number of carbonyl (C=O) groups excluding carboxylic acids is 4. The summed E-state index contributed by atoms with van der Waals surface area (Å²) in [5, 5.41) is 13.5. The Morgan fingerprint density at radius 2 is 1.87 bits per heavy atom. The summed E-state index contributed by atoms with van der Waals surface area (Å²) >= 11 is 0. The monoisotopic (exact) mass is 637 g/mol. The number of aliphatic hydroxyl groups excluding tert-OH is 1. The van der Waals surface area contributed by atoms with Crippen LogP contribution in [0.25, 0.3) is 0 Å². The van der Waals surface area contributed by atoms with Crippen LogP contribution in [0.1, 0.15) is 58.1 Å². The smallest absolute Gasteiger partial charge is 0.313 e. The van der Waals surface area contributed by atoms with E-state index in [0.717, 1.165) is 12.8 Å². The highest BCUT2D eigenvalue weighted by atomic mass is 16.6. The van der Waals surface area contributed by atoms with E-state index in [-0.39, 0.29) is 43.9 Å². The van der Waals surface area contributed by atoms with Crippen molar-refractivity contribution in [2.24, 2.45) is 17.8 Å². The van der Waals surface area contributed by atoms with Crippen molar-refractivity contribution in [3.63, 3.8) is 0 Å². The van der Waals surface area contributed by atoms with Crippen LogP contribution in [0.5, 0.6) is 0 Å². The number of aliphatic hydroxyl groups is 1. The molecule has 0 saturated carbocycles. The molecule has 2 N–H and O–H groups in total. The van der Waals surface area contributed by atoms with E-state index in [9.17, 15) is 24.3 Å². The van der Waals surface area contributed by atoms with Gasteiger partial charge >= 0.3 is 5.97 Å². The lowest BCUT2D eigenvalue weighted by molar-refractivity contribution is -0.163. The molecule has 4 aliphatic rings. The zero-order chi connectivity index (χ0) is 33.0. The van der Waals surface area contributed by atoms with Gasteiger partial charge in [-0.2, -0.15) is 0 Å². The van der Waals surface area contributed by atoms with E-state index in [1.54, 1.807) is 17.1 Å². The number of unbranched alkanes of at least 4 members (excludes halogenated alkanes) is 1. The average Bonchev–Trinajstić information content (AvgIpc) is 3.68. The van der Waals surface area contributed by atoms with Gasteiger partial charge in [0.2, 0.25) is 17.7 Å². The predicted molar refractivity (Wildman–Crippen MR) is 169 cm³/mol. The Morgan fingerprint density at radius 3 is 2.54 bits per heavy atom. The Morgan fingerprint density at radius 1 is 1.11 bits per heavy atom. The summed E-state index contributed by atoms with van der Waals surface area (Å²) in [6.45, 7) is 6.31. The van der Waals surface area contributed by atoms with E-state index in [1.165, 1.54) is 12.0 Å². The molecule has 5 rings (SSSR count). The molecule has 0 unspecified atom stereocenters. The molecule has 4 aliphatic heterocycles. The molecule has 3 amide bonds. The van der Waals surface area contributed by atoms with Crippen molar-refractivity contribution in [2.75, 3.05) is 33.4 Å². The number of hydrogen-bond donors (Lipinski definition) is 2. The van der Waals surface area contributed by atoms with Gasteiger partial charge in [0.1, 0.15) is 23.7 Å². The maximum Gasteiger partial charge on any atom is 0.313 e. The fourth-order valence-corrected chi connectivity index (χ4v) is 7.37. The fourth-order valence-electron chi connectivity index (χ4n) is 7.37. The quantitative estimate of drug-likeness (QED) is 0.312. The molecule has 4 heterocycles. The van der Waals surface area contributed by atoms with Gasteiger partial charge in [0.25, 0.3) is 0 Å². The molecule has 0 aliphatic carbocycles. The molecule has 0 radical (unpaired) electrons. The Balaban J connectivity index is 1.62. The Kier molecular flexibility index (Phi) is 10.6. The molecular formula is C35H47N3O8. The van der Waals surface area contributed by atoms with E-state index in [4.69, 9.17) is 14.2 Å². The summed E-state index contributed by atoms with van der Waals surface area (Å²) in [5.74, 6) is -3.83. The van der Waals surface area contributed by atoms with Crippen LogP contribution >= 0.6 is 0 Å². The molecular weight excluding hydrogens is 590 g/mol. The molecule has 46 heavy (non-hydrogen) atoms. The molecule has 0 aromatic heterocycles. The normalized spacial score (nSPS) is 32.9. The Labute approximate surface area is 270 Å². The number of hydrogen-bond acceptors (Lipinski definition) is 8. The highest BCUT2D eigenvalue weighted by Gasteiger charge is 2.74. The molecule has 1 aromatic carbocycles. The highest BCUT2D eigenvalue weighted by Crippen LogP contribution is 2.56. The molecule has 1 aromatic rings. The summed E-state index contributed by atoms with van der Waals surface area (Å²) in [7, 11) is 1.51. The lowest BCUT2D eigenvalue weighted by Gasteiger charge is -2.40. The molecule has 2 fully saturated rings. The predicted octanol–water partition coefficient (Wildman–Crippen LogP) is 2.55. The van der Waals surface area contributed by atoms with Crippen LogP contribution in [0.15, 0.2) is 54.6 Å². The van der Waals surface area contributed by atoms with Crippen molar-refractivity contribution in [1.29, 1.82) is 0 Å². The van der Waals surface area contributed by atoms with Gasteiger partial charge in [-0.15, -0.1) is 0 Å². The zero-order valence-corrected chi connectivity index (χ0v) is 27.2. The average molecular weight is 638 g/mol. The van der Waals surface area contributed by atoms with Gasteiger partial charge in [0, 0.05) is 26.6 Å². The second-order valence-electron chi connectivity index (χ2n) is 13.0. The number of nitrogens with zero attached hydrogens (tertiary/aromatic N) is 2. The van der Waals surface area contributed by atoms with Gasteiger partial charge in [-0.25, -0.2) is 0 Å². The first-order chi connectivity index (χ1) is 22.2. The number of methoxy groups -OCH3 is 1. The lowest BCUT2D eigenvalue weighted by atomic mass is 9.74. The second kappa shape index (κ2) is 14.5. The minimum Gasteiger partial charge on any atom is -0.455 e. The van der Waals surface area contributed by atoms with E-state index in [0.29, 0.717) is 18.5 Å². The first-order valence-electron chi connectivity index (χ1n) is 16.5. The number of benzene rings is 1. The summed E-state index contributed by atoms with van der Waals surface area (Å²) in [4.78, 5) is 59.7. The second-order valence-corrected chi connectivity index (χ2v) is 13.0. The number of nitrogens with one attached hydrogen (secondary N) is 1. The molecule has 1 spiro atoms. The maximum absolute atomic E-state index is 14.6. The number of ether oxygens (including phenoxy) is 3. The van der Waals surface area contributed by atoms with Crippen LogP contribution in [-0.2, 0) is 33.4 Å². The zero-order valence-electron chi connectivity index (χ0n) is 27.2. The summed E-state index contributed by atoms with van der Waals surface area (Å²) in [6.07, 6.45) is 7.82. The molecule has 5 bridgehead atoms. The van der Waals surface area contributed by atoms with Crippen LogP contribution in [0, 0.1) is 17.8 Å². The minimum atomic E-state index is -1.39. The largest absolute Gasteiger partial charge is 0.455 e. The standard InChI is InChI=1S/C35H47N3O8/c1-5-6-18-37-19-12-8-11-15-27(40)36-24(21-44-4)30(23-13-9-7-10-14-23)45-34(43)28-26-16-17-35(46-26)29(28)32(41)38(31(35)33(37)42)25(20-39)22(2)3/h7-10,12-14,16-17,22,24-26,28-31,39H,5-6,11,15,18-21H2,1-4H3,(H,36,40)/b12-8-/t24-,25-,26+,28-,29-,30-,31+,35-/m0/s1. The van der Waals surface area contributed by atoms with E-state index in [1.807, 2.05) is 63.3 Å². The third-order valence-corrected chi connectivity index (χ3v) is 9.68. The number of carbonyl (C=O) groups is 4. The molecule has 250 valence electrons. The summed E-state index contributed by atoms with van der Waals surface area (Å²) in [5.41, 5.74) is -0.737. The first-order valence-corrected chi connectivity index (χ1v) is 16.5. The number of cyclic esters (lactones) is 1. The molecule has 11 nitrogen and oxygen atoms in total. The van der Waals surface area contributed by atoms with E-state index < -0.39 is 59.6 Å². The van der Waals surface area contributed by atoms with Gasteiger partial charge in [0.05, 0.1) is 37.3 Å². The van der Waals surface area contributed by atoms with Crippen LogP contribution in [0.2, 0.25) is 0 Å². The van der Waals surface area contributed by atoms with Crippen LogP contribution in [0.3, 0.4) is 0 Å². The minimum absolute atomic E-state index is 0.0779. The third kappa shape index (κ3) is 6.24. The number of esters is 1. The maximum atomic E-state index is 14.6. The van der Waals surface area contributed by atoms with Crippen molar-refractivity contribution >= 4 is 23.7 Å². The number of rotatable bonds is 9. The third-order valence-electron chi connectivity index (χ3n) is 9.68. The number of allylic oxidation sites excluding steroid dienone is 1. The topological polar surface area (TPSA) is 135 Å². The van der Waals surface area contributed by atoms with Gasteiger partial charge < -0.3 is 34.4 Å². The molecule has 8 atom stereocenters. The van der Waals surface area contributed by atoms with Crippen molar-refractivity contribution in [1.82, 2.24) is 15.1 Å². The van der Waals surface area contributed by atoms with Gasteiger partial charge in [-0.3, -0.25) is 19.2 Å². The van der Waals surface area contributed by atoms with Crippen molar-refractivity contribution in [2.45, 2.75) is 82.4 Å². The number of likely N-dealkylation sites (tertiary alicyclic amines) is 1. The van der Waals surface area contributed by atoms with Gasteiger partial charge in [0.15, 0.2) is 0 Å². The summed E-state index contributed by atoms with van der Waals surface area (Å²) in [6, 6.07) is 6.67. The summed E-state index contributed by atoms with van der Waals surface area (Å²) < 4.78 is 18.3. The number of fused-ring (bicyclic) bond motifs is 2. The SMILES string of the molecule is CCCCN1C/C=C\CCC(=O)N[C@@H](COC)[C@H](c2ccccc2)OC(=O)[C@@H]2[C@H]3C(=O)N([C@@H](CO)C(C)C)[C@H](C1=O)[C@]31C=C[C@H]2O1. The van der Waals surface area contributed by atoms with Gasteiger partial charge in [-0.05, 0) is 24.3 Å². The van der Waals surface area contributed by atoms with Crippen LogP contribution in [0.4, 0.5) is 0 Å². The van der Waals surface area contributed by atoms with Crippen LogP contribution < -0.4 is 5.32 Å². The number of amides is 3. The van der Waals surface area contributed by atoms with Crippen molar-refractivity contribution in [3.8, 4) is 0 Å². The molecule has 2 saturated heterocycles. The molecule has 11 heteroatoms. The Hall–Kier alpha value is -3.54. The Bertz CT molecular complexity index is 1330. The van der Waals surface area contributed by atoms with Crippen molar-refractivity contribution in [3.05, 3.63) is 60.2 Å². The van der Waals surface area contributed by atoms with Crippen molar-refractivity contribution < 1.29 is 38.5 Å². The first kappa shape index (κ1) is 33.8.